The van der Waals surface area contributed by atoms with E-state index in [4.69, 9.17) is 0 Å². The molecule has 1 aromatic carbocycles. The minimum Gasteiger partial charge on any atom is -0.508 e. The molecule has 0 radical (unpaired) electrons. The zero-order valence-corrected chi connectivity index (χ0v) is 11.6. The van der Waals surface area contributed by atoms with E-state index in [2.05, 4.69) is 14.9 Å². The first-order chi connectivity index (χ1) is 9.11. The summed E-state index contributed by atoms with van der Waals surface area (Å²) in [5, 5.41) is 16.2. The second kappa shape index (κ2) is 5.79. The summed E-state index contributed by atoms with van der Waals surface area (Å²) in [7, 11) is 0. The second-order valence-corrected chi connectivity index (χ2v) is 5.01. The van der Waals surface area contributed by atoms with Crippen molar-refractivity contribution in [1.29, 1.82) is 0 Å². The lowest BCUT2D eigenvalue weighted by Gasteiger charge is -2.06. The predicted octanol–water partition coefficient (Wildman–Crippen LogP) is 2.76. The monoisotopic (exact) mass is 277 g/mol. The summed E-state index contributed by atoms with van der Waals surface area (Å²) in [6.07, 6.45) is 1.66. The van der Waals surface area contributed by atoms with Crippen LogP contribution in [0.1, 0.15) is 34.3 Å². The Morgan fingerprint density at radius 3 is 2.95 bits per heavy atom. The number of rotatable bonds is 4. The van der Waals surface area contributed by atoms with Gasteiger partial charge in [0.15, 0.2) is 0 Å². The number of phenols is 1. The number of hydrogen-bond acceptors (Lipinski definition) is 5. The van der Waals surface area contributed by atoms with Gasteiger partial charge in [0.2, 0.25) is 0 Å². The SMILES string of the molecule is CCCc1nnsc1C(=O)Nc1ccc(O)c(C)c1. The highest BCUT2D eigenvalue weighted by molar-refractivity contribution is 7.08. The molecule has 0 saturated carbocycles. The van der Waals surface area contributed by atoms with Crippen LogP contribution < -0.4 is 5.32 Å². The molecular formula is C13H15N3O2S. The summed E-state index contributed by atoms with van der Waals surface area (Å²) in [4.78, 5) is 12.7. The molecule has 0 aliphatic carbocycles. The van der Waals surface area contributed by atoms with Crippen LogP contribution in [0.15, 0.2) is 18.2 Å². The number of aromatic nitrogens is 2. The van der Waals surface area contributed by atoms with E-state index in [1.165, 1.54) is 0 Å². The first-order valence-electron chi connectivity index (χ1n) is 6.04. The van der Waals surface area contributed by atoms with Crippen LogP contribution in [0.3, 0.4) is 0 Å². The summed E-state index contributed by atoms with van der Waals surface area (Å²) in [6.45, 7) is 3.81. The number of benzene rings is 1. The highest BCUT2D eigenvalue weighted by Crippen LogP contribution is 2.21. The van der Waals surface area contributed by atoms with E-state index in [0.717, 1.165) is 30.1 Å². The van der Waals surface area contributed by atoms with Gasteiger partial charge < -0.3 is 10.4 Å². The van der Waals surface area contributed by atoms with Crippen LogP contribution in [0, 0.1) is 6.92 Å². The molecule has 0 aliphatic heterocycles. The van der Waals surface area contributed by atoms with Gasteiger partial charge in [0.25, 0.3) is 5.91 Å². The second-order valence-electron chi connectivity index (χ2n) is 4.25. The minimum atomic E-state index is -0.205. The van der Waals surface area contributed by atoms with Crippen molar-refractivity contribution in [1.82, 2.24) is 9.59 Å². The lowest BCUT2D eigenvalue weighted by Crippen LogP contribution is -2.12. The average Bonchev–Trinajstić information content (AvgIpc) is 2.83. The van der Waals surface area contributed by atoms with Crippen molar-refractivity contribution in [2.75, 3.05) is 5.32 Å². The summed E-state index contributed by atoms with van der Waals surface area (Å²) in [5.74, 6) is 0.00710. The van der Waals surface area contributed by atoms with Crippen molar-refractivity contribution < 1.29 is 9.90 Å². The molecule has 1 heterocycles. The number of carbonyl (C=O) groups is 1. The average molecular weight is 277 g/mol. The number of carbonyl (C=O) groups excluding carboxylic acids is 1. The Bertz CT molecular complexity index is 595. The van der Waals surface area contributed by atoms with Gasteiger partial charge in [-0.3, -0.25) is 4.79 Å². The number of amides is 1. The fourth-order valence-corrected chi connectivity index (χ4v) is 2.31. The third-order valence-electron chi connectivity index (χ3n) is 2.70. The lowest BCUT2D eigenvalue weighted by atomic mass is 10.2. The van der Waals surface area contributed by atoms with Crippen molar-refractivity contribution in [3.63, 3.8) is 0 Å². The van der Waals surface area contributed by atoms with Gasteiger partial charge in [-0.05, 0) is 48.6 Å². The molecule has 0 aliphatic rings. The van der Waals surface area contributed by atoms with Crippen LogP contribution >= 0.6 is 11.5 Å². The highest BCUT2D eigenvalue weighted by atomic mass is 32.1. The Balaban J connectivity index is 2.16. The first-order valence-corrected chi connectivity index (χ1v) is 6.81. The zero-order chi connectivity index (χ0) is 13.8. The van der Waals surface area contributed by atoms with Gasteiger partial charge in [-0.2, -0.15) is 0 Å². The molecule has 2 N–H and O–H groups in total. The Hall–Kier alpha value is -1.95. The number of nitrogens with zero attached hydrogens (tertiary/aromatic N) is 2. The predicted molar refractivity (Wildman–Crippen MR) is 74.7 cm³/mol. The maximum atomic E-state index is 12.1. The number of phenolic OH excluding ortho intramolecular Hbond substituents is 1. The number of nitrogens with one attached hydrogen (secondary N) is 1. The Kier molecular flexibility index (Phi) is 4.11. The molecule has 0 bridgehead atoms. The van der Waals surface area contributed by atoms with Crippen molar-refractivity contribution in [2.24, 2.45) is 0 Å². The van der Waals surface area contributed by atoms with E-state index >= 15 is 0 Å². The third-order valence-corrected chi connectivity index (χ3v) is 3.47. The molecule has 0 saturated heterocycles. The fourth-order valence-electron chi connectivity index (χ4n) is 1.70. The smallest absolute Gasteiger partial charge is 0.269 e. The third kappa shape index (κ3) is 3.08. The summed E-state index contributed by atoms with van der Waals surface area (Å²) in [5.41, 5.74) is 2.10. The molecule has 1 aromatic heterocycles. The van der Waals surface area contributed by atoms with E-state index < -0.39 is 0 Å². The largest absolute Gasteiger partial charge is 0.508 e. The molecule has 0 spiro atoms. The first kappa shape index (κ1) is 13.5. The van der Waals surface area contributed by atoms with Crippen LogP contribution in [-0.4, -0.2) is 20.6 Å². The van der Waals surface area contributed by atoms with Crippen LogP contribution in [0.25, 0.3) is 0 Å². The maximum Gasteiger partial charge on any atom is 0.269 e. The molecule has 19 heavy (non-hydrogen) atoms. The standard InChI is InChI=1S/C13H15N3O2S/c1-3-4-10-12(19-16-15-10)13(18)14-9-5-6-11(17)8(2)7-9/h5-7,17H,3-4H2,1-2H3,(H,14,18). The molecule has 6 heteroatoms. The lowest BCUT2D eigenvalue weighted by molar-refractivity contribution is 0.102. The van der Waals surface area contributed by atoms with Crippen LogP contribution in [-0.2, 0) is 6.42 Å². The number of anilines is 1. The van der Waals surface area contributed by atoms with Gasteiger partial charge in [0, 0.05) is 5.69 Å². The van der Waals surface area contributed by atoms with Crippen LogP contribution in [0.5, 0.6) is 5.75 Å². The summed E-state index contributed by atoms with van der Waals surface area (Å²) in [6, 6.07) is 4.94. The molecule has 0 fully saturated rings. The Labute approximate surface area is 115 Å². The molecule has 100 valence electrons. The van der Waals surface area contributed by atoms with Gasteiger partial charge in [0.1, 0.15) is 10.6 Å². The van der Waals surface area contributed by atoms with E-state index in [0.29, 0.717) is 16.1 Å². The van der Waals surface area contributed by atoms with E-state index in [1.54, 1.807) is 25.1 Å². The number of aromatic hydroxyl groups is 1. The Morgan fingerprint density at radius 1 is 1.47 bits per heavy atom. The highest BCUT2D eigenvalue weighted by Gasteiger charge is 2.15. The quantitative estimate of drug-likeness (QED) is 0.843. The van der Waals surface area contributed by atoms with Gasteiger partial charge in [-0.15, -0.1) is 5.10 Å². The van der Waals surface area contributed by atoms with Gasteiger partial charge in [0.05, 0.1) is 5.69 Å². The Morgan fingerprint density at radius 2 is 2.26 bits per heavy atom. The molecule has 0 unspecified atom stereocenters. The van der Waals surface area contributed by atoms with E-state index in [1.807, 2.05) is 6.92 Å². The molecule has 2 aromatic rings. The van der Waals surface area contributed by atoms with E-state index in [9.17, 15) is 9.90 Å². The maximum absolute atomic E-state index is 12.1. The van der Waals surface area contributed by atoms with Gasteiger partial charge >= 0.3 is 0 Å². The van der Waals surface area contributed by atoms with Crippen molar-refractivity contribution >= 4 is 23.1 Å². The van der Waals surface area contributed by atoms with E-state index in [-0.39, 0.29) is 11.7 Å². The van der Waals surface area contributed by atoms with Crippen molar-refractivity contribution in [3.05, 3.63) is 34.3 Å². The van der Waals surface area contributed by atoms with Crippen molar-refractivity contribution in [3.8, 4) is 5.75 Å². The molecular weight excluding hydrogens is 262 g/mol. The topological polar surface area (TPSA) is 75.1 Å². The number of aryl methyl sites for hydroxylation is 2. The normalized spacial score (nSPS) is 10.4. The van der Waals surface area contributed by atoms with Crippen LogP contribution in [0.2, 0.25) is 0 Å². The summed E-state index contributed by atoms with van der Waals surface area (Å²) < 4.78 is 3.83. The fraction of sp³-hybridized carbons (Fsp3) is 0.308. The van der Waals surface area contributed by atoms with Gasteiger partial charge in [-0.25, -0.2) is 0 Å². The molecule has 2 rings (SSSR count). The van der Waals surface area contributed by atoms with Crippen molar-refractivity contribution in [2.45, 2.75) is 26.7 Å². The summed E-state index contributed by atoms with van der Waals surface area (Å²) >= 11 is 1.10. The molecule has 1 amide bonds. The molecule has 0 atom stereocenters. The zero-order valence-electron chi connectivity index (χ0n) is 10.8. The van der Waals surface area contributed by atoms with Crippen LogP contribution in [0.4, 0.5) is 5.69 Å². The number of hydrogen-bond donors (Lipinski definition) is 2. The minimum absolute atomic E-state index is 0.205. The molecule has 5 nitrogen and oxygen atoms in total. The van der Waals surface area contributed by atoms with Gasteiger partial charge in [-0.1, -0.05) is 17.8 Å².